The second kappa shape index (κ2) is 4.22. The van der Waals surface area contributed by atoms with Gasteiger partial charge in [0.1, 0.15) is 0 Å². The lowest BCUT2D eigenvalue weighted by Crippen LogP contribution is -2.51. The molecule has 0 radical (unpaired) electrons. The fraction of sp³-hybridized carbons (Fsp3) is 0.833. The minimum absolute atomic E-state index is 0.461. The molecule has 6 heteroatoms. The van der Waals surface area contributed by atoms with E-state index in [9.17, 15) is 9.28 Å². The van der Waals surface area contributed by atoms with Gasteiger partial charge >= 0.3 is 6.09 Å². The van der Waals surface area contributed by atoms with E-state index in [0.29, 0.717) is 13.0 Å². The maximum Gasteiger partial charge on any atom is 0.406 e. The van der Waals surface area contributed by atoms with Crippen LogP contribution in [0.1, 0.15) is 12.8 Å². The van der Waals surface area contributed by atoms with Crippen LogP contribution >= 0.6 is 0 Å². The molecule has 1 aliphatic rings. The molecule has 5 nitrogen and oxygen atoms in total. The van der Waals surface area contributed by atoms with Gasteiger partial charge in [0.15, 0.2) is 6.23 Å². The summed E-state index contributed by atoms with van der Waals surface area (Å²) in [6.45, 7) is 0.461. The Balaban J connectivity index is 2.41. The van der Waals surface area contributed by atoms with Gasteiger partial charge in [0.2, 0.25) is 0 Å². The molecule has 2 unspecified atom stereocenters. The molecular formula is C6H11FN2O3. The topological polar surface area (TPSA) is 70.6 Å². The molecule has 1 saturated heterocycles. The third-order valence-corrected chi connectivity index (χ3v) is 1.73. The van der Waals surface area contributed by atoms with Crippen LogP contribution in [0.15, 0.2) is 0 Å². The van der Waals surface area contributed by atoms with Gasteiger partial charge in [-0.15, -0.1) is 4.48 Å². The molecular weight excluding hydrogens is 167 g/mol. The van der Waals surface area contributed by atoms with Crippen LogP contribution in [0, 0.1) is 0 Å². The van der Waals surface area contributed by atoms with Crippen molar-refractivity contribution in [2.24, 2.45) is 0 Å². The number of amides is 1. The summed E-state index contributed by atoms with van der Waals surface area (Å²) in [5.74, 6) is 0. The van der Waals surface area contributed by atoms with Gasteiger partial charge in [0, 0.05) is 6.61 Å². The van der Waals surface area contributed by atoms with Crippen molar-refractivity contribution in [2.75, 3.05) is 6.61 Å². The third kappa shape index (κ3) is 2.31. The fourth-order valence-corrected chi connectivity index (χ4v) is 1.16. The molecule has 0 spiro atoms. The molecule has 12 heavy (non-hydrogen) atoms. The Labute approximate surface area is 68.8 Å². The van der Waals surface area contributed by atoms with Crippen molar-refractivity contribution in [2.45, 2.75) is 25.1 Å². The van der Waals surface area contributed by atoms with Gasteiger partial charge in [0.05, 0.1) is 6.04 Å². The lowest BCUT2D eigenvalue weighted by Gasteiger charge is -2.29. The number of rotatable bonds is 2. The van der Waals surface area contributed by atoms with Gasteiger partial charge in [-0.1, -0.05) is 0 Å². The molecule has 1 fully saturated rings. The number of carboxylic acid groups (broad SMARTS) is 1. The highest BCUT2D eigenvalue weighted by atomic mass is 19.2. The van der Waals surface area contributed by atoms with Gasteiger partial charge in [-0.25, -0.2) is 4.79 Å². The van der Waals surface area contributed by atoms with Crippen molar-refractivity contribution in [3.8, 4) is 0 Å². The second-order valence-electron chi connectivity index (χ2n) is 2.60. The number of nitrogens with one attached hydrogen (secondary N) is 2. The minimum Gasteiger partial charge on any atom is -0.465 e. The SMILES string of the molecule is O=C(O)NC1OCCCC1NF. The Morgan fingerprint density at radius 1 is 1.67 bits per heavy atom. The summed E-state index contributed by atoms with van der Waals surface area (Å²) in [6, 6.07) is -0.574. The minimum atomic E-state index is -1.21. The number of carbonyl (C=O) groups is 1. The summed E-state index contributed by atoms with van der Waals surface area (Å²) >= 11 is 0. The molecule has 0 aromatic carbocycles. The van der Waals surface area contributed by atoms with E-state index in [1.165, 1.54) is 5.54 Å². The van der Waals surface area contributed by atoms with Crippen LogP contribution in [0.5, 0.6) is 0 Å². The Morgan fingerprint density at radius 2 is 2.42 bits per heavy atom. The summed E-state index contributed by atoms with van der Waals surface area (Å²) in [6.07, 6.45) is -0.677. The first-order valence-electron chi connectivity index (χ1n) is 3.71. The molecule has 1 aliphatic heterocycles. The van der Waals surface area contributed by atoms with Crippen molar-refractivity contribution >= 4 is 6.09 Å². The molecule has 70 valence electrons. The fourth-order valence-electron chi connectivity index (χ4n) is 1.16. The zero-order valence-corrected chi connectivity index (χ0v) is 6.42. The van der Waals surface area contributed by atoms with Crippen molar-refractivity contribution in [3.05, 3.63) is 0 Å². The molecule has 1 amide bonds. The maximum absolute atomic E-state index is 12.0. The Hall–Kier alpha value is -0.880. The first-order valence-corrected chi connectivity index (χ1v) is 3.71. The highest BCUT2D eigenvalue weighted by Crippen LogP contribution is 2.11. The lowest BCUT2D eigenvalue weighted by atomic mass is 10.1. The van der Waals surface area contributed by atoms with E-state index in [0.717, 1.165) is 6.42 Å². The normalized spacial score (nSPS) is 29.8. The Bertz CT molecular complexity index is 167. The molecule has 1 rings (SSSR count). The molecule has 0 aromatic heterocycles. The quantitative estimate of drug-likeness (QED) is 0.529. The summed E-state index contributed by atoms with van der Waals surface area (Å²) in [5.41, 5.74) is 1.51. The largest absolute Gasteiger partial charge is 0.465 e. The smallest absolute Gasteiger partial charge is 0.406 e. The Kier molecular flexibility index (Phi) is 3.24. The van der Waals surface area contributed by atoms with E-state index in [-0.39, 0.29) is 0 Å². The molecule has 0 aromatic rings. The van der Waals surface area contributed by atoms with E-state index in [1.54, 1.807) is 0 Å². The van der Waals surface area contributed by atoms with Crippen LogP contribution in [0.4, 0.5) is 9.28 Å². The van der Waals surface area contributed by atoms with Gasteiger partial charge < -0.3 is 9.84 Å². The van der Waals surface area contributed by atoms with E-state index in [4.69, 9.17) is 9.84 Å². The molecule has 1 heterocycles. The highest BCUT2D eigenvalue weighted by molar-refractivity contribution is 5.64. The van der Waals surface area contributed by atoms with Gasteiger partial charge in [-0.2, -0.15) is 5.54 Å². The number of ether oxygens (including phenoxy) is 1. The summed E-state index contributed by atoms with van der Waals surface area (Å²) < 4.78 is 17.0. The van der Waals surface area contributed by atoms with Crippen molar-refractivity contribution in [1.29, 1.82) is 0 Å². The zero-order chi connectivity index (χ0) is 8.97. The number of hydrogen-bond acceptors (Lipinski definition) is 3. The predicted molar refractivity (Wildman–Crippen MR) is 38.2 cm³/mol. The van der Waals surface area contributed by atoms with Crippen molar-refractivity contribution in [3.63, 3.8) is 0 Å². The lowest BCUT2D eigenvalue weighted by molar-refractivity contribution is -0.0413. The molecule has 0 aliphatic carbocycles. The number of hydrogen-bond donors (Lipinski definition) is 3. The summed E-state index contributed by atoms with van der Waals surface area (Å²) in [4.78, 5) is 10.2. The van der Waals surface area contributed by atoms with Crippen LogP contribution in [0.2, 0.25) is 0 Å². The maximum atomic E-state index is 12.0. The first-order chi connectivity index (χ1) is 5.74. The van der Waals surface area contributed by atoms with Crippen LogP contribution in [0.3, 0.4) is 0 Å². The zero-order valence-electron chi connectivity index (χ0n) is 6.42. The van der Waals surface area contributed by atoms with Gasteiger partial charge in [-0.3, -0.25) is 5.32 Å². The van der Waals surface area contributed by atoms with E-state index in [2.05, 4.69) is 5.32 Å². The van der Waals surface area contributed by atoms with Crippen LogP contribution in [-0.4, -0.2) is 30.1 Å². The average molecular weight is 178 g/mol. The van der Waals surface area contributed by atoms with Crippen LogP contribution < -0.4 is 10.9 Å². The summed E-state index contributed by atoms with van der Waals surface area (Å²) in [5, 5.41) is 10.4. The molecule has 2 atom stereocenters. The number of halogens is 1. The molecule has 0 saturated carbocycles. The molecule has 3 N–H and O–H groups in total. The van der Waals surface area contributed by atoms with Crippen molar-refractivity contribution < 1.29 is 19.1 Å². The van der Waals surface area contributed by atoms with Gasteiger partial charge in [0.25, 0.3) is 0 Å². The monoisotopic (exact) mass is 178 g/mol. The average Bonchev–Trinajstić information content (AvgIpc) is 2.04. The standard InChI is InChI=1S/C6H11FN2O3/c7-9-4-2-1-3-12-5(4)8-6(10)11/h4-5,8-9H,1-3H2,(H,10,11). The Morgan fingerprint density at radius 3 is 3.00 bits per heavy atom. The van der Waals surface area contributed by atoms with E-state index >= 15 is 0 Å². The predicted octanol–water partition coefficient (Wildman–Crippen LogP) is 0.233. The van der Waals surface area contributed by atoms with Gasteiger partial charge in [-0.05, 0) is 12.8 Å². The first kappa shape index (κ1) is 9.21. The van der Waals surface area contributed by atoms with Crippen LogP contribution in [0.25, 0.3) is 0 Å². The second-order valence-corrected chi connectivity index (χ2v) is 2.60. The van der Waals surface area contributed by atoms with Crippen LogP contribution in [-0.2, 0) is 4.74 Å². The summed E-state index contributed by atoms with van der Waals surface area (Å²) in [7, 11) is 0. The van der Waals surface area contributed by atoms with E-state index < -0.39 is 18.4 Å². The third-order valence-electron chi connectivity index (χ3n) is 1.73. The molecule has 0 bridgehead atoms. The van der Waals surface area contributed by atoms with E-state index in [1.807, 2.05) is 0 Å². The van der Waals surface area contributed by atoms with Crippen molar-refractivity contribution in [1.82, 2.24) is 10.9 Å². The highest BCUT2D eigenvalue weighted by Gasteiger charge is 2.27.